The normalized spacial score (nSPS) is 10.5. The van der Waals surface area contributed by atoms with Crippen LogP contribution in [0.2, 0.25) is 0 Å². The average molecular weight is 378 g/mol. The Morgan fingerprint density at radius 2 is 1.71 bits per heavy atom. The largest absolute Gasteiger partial charge is 0.368 e. The van der Waals surface area contributed by atoms with Crippen LogP contribution in [0, 0.1) is 13.8 Å². The van der Waals surface area contributed by atoms with Crippen molar-refractivity contribution in [2.75, 3.05) is 18.4 Å². The zero-order chi connectivity index (χ0) is 20.1. The molecule has 8 nitrogen and oxygen atoms in total. The number of ketones is 1. The lowest BCUT2D eigenvalue weighted by Gasteiger charge is -2.09. The zero-order valence-electron chi connectivity index (χ0n) is 16.1. The second-order valence-corrected chi connectivity index (χ2v) is 6.42. The van der Waals surface area contributed by atoms with Gasteiger partial charge in [0.25, 0.3) is 5.91 Å². The van der Waals surface area contributed by atoms with Crippen molar-refractivity contribution in [2.24, 2.45) is 0 Å². The summed E-state index contributed by atoms with van der Waals surface area (Å²) >= 11 is 0. The number of rotatable bonds is 7. The van der Waals surface area contributed by atoms with Crippen molar-refractivity contribution in [1.29, 1.82) is 0 Å². The van der Waals surface area contributed by atoms with Gasteiger partial charge in [0.1, 0.15) is 12.1 Å². The molecule has 0 aliphatic heterocycles. The Labute approximate surface area is 163 Å². The number of nitrogens with one attached hydrogen (secondary N) is 2. The number of carbonyl (C=O) groups excluding carboxylic acids is 2. The van der Waals surface area contributed by atoms with Crippen molar-refractivity contribution in [3.05, 3.63) is 65.2 Å². The number of hydrogen-bond acceptors (Lipinski definition) is 6. The van der Waals surface area contributed by atoms with Gasteiger partial charge in [-0.25, -0.2) is 14.6 Å². The van der Waals surface area contributed by atoms with E-state index in [1.54, 1.807) is 28.9 Å². The van der Waals surface area contributed by atoms with E-state index in [0.717, 1.165) is 11.4 Å². The van der Waals surface area contributed by atoms with E-state index in [4.69, 9.17) is 0 Å². The third kappa shape index (κ3) is 4.59. The summed E-state index contributed by atoms with van der Waals surface area (Å²) in [7, 11) is 0. The average Bonchev–Trinajstić information content (AvgIpc) is 3.03. The molecule has 0 saturated carbocycles. The Morgan fingerprint density at radius 3 is 2.36 bits per heavy atom. The maximum Gasteiger partial charge on any atom is 0.251 e. The first-order valence-electron chi connectivity index (χ1n) is 8.93. The van der Waals surface area contributed by atoms with Crippen LogP contribution in [0.4, 0.5) is 5.82 Å². The highest BCUT2D eigenvalue weighted by molar-refractivity contribution is 5.97. The molecule has 0 aliphatic carbocycles. The molecule has 1 amide bonds. The number of aromatic nitrogens is 4. The molecular weight excluding hydrogens is 356 g/mol. The Kier molecular flexibility index (Phi) is 5.78. The van der Waals surface area contributed by atoms with E-state index >= 15 is 0 Å². The second kappa shape index (κ2) is 8.43. The molecule has 8 heteroatoms. The molecular formula is C20H22N6O2. The van der Waals surface area contributed by atoms with Gasteiger partial charge < -0.3 is 10.6 Å². The van der Waals surface area contributed by atoms with Crippen molar-refractivity contribution >= 4 is 17.5 Å². The van der Waals surface area contributed by atoms with Crippen molar-refractivity contribution in [1.82, 2.24) is 25.1 Å². The van der Waals surface area contributed by atoms with Crippen LogP contribution in [0.15, 0.2) is 42.7 Å². The molecule has 0 atom stereocenters. The fourth-order valence-electron chi connectivity index (χ4n) is 2.75. The SMILES string of the molecule is CC(=O)c1ccc(C(=O)NCCNc2cc(-n3nc(C)cc3C)ncn2)cc1. The number of anilines is 1. The van der Waals surface area contributed by atoms with Crippen molar-refractivity contribution in [3.63, 3.8) is 0 Å². The molecule has 2 N–H and O–H groups in total. The first-order valence-corrected chi connectivity index (χ1v) is 8.93. The summed E-state index contributed by atoms with van der Waals surface area (Å²) in [4.78, 5) is 31.9. The lowest BCUT2D eigenvalue weighted by Crippen LogP contribution is -2.28. The van der Waals surface area contributed by atoms with Crippen LogP contribution < -0.4 is 10.6 Å². The lowest BCUT2D eigenvalue weighted by atomic mass is 10.1. The molecule has 0 saturated heterocycles. The third-order valence-electron chi connectivity index (χ3n) is 4.15. The smallest absolute Gasteiger partial charge is 0.251 e. The monoisotopic (exact) mass is 378 g/mol. The van der Waals surface area contributed by atoms with E-state index in [2.05, 4.69) is 25.7 Å². The minimum Gasteiger partial charge on any atom is -0.368 e. The topological polar surface area (TPSA) is 102 Å². The molecule has 0 unspecified atom stereocenters. The van der Waals surface area contributed by atoms with Crippen molar-refractivity contribution < 1.29 is 9.59 Å². The number of benzene rings is 1. The summed E-state index contributed by atoms with van der Waals surface area (Å²) in [6.07, 6.45) is 1.48. The number of amides is 1. The molecule has 0 spiro atoms. The van der Waals surface area contributed by atoms with E-state index in [9.17, 15) is 9.59 Å². The Bertz CT molecular complexity index is 994. The van der Waals surface area contributed by atoms with Crippen LogP contribution in [0.25, 0.3) is 5.82 Å². The Balaban J connectivity index is 1.52. The number of nitrogens with zero attached hydrogens (tertiary/aromatic N) is 4. The van der Waals surface area contributed by atoms with Crippen molar-refractivity contribution in [3.8, 4) is 5.82 Å². The maximum absolute atomic E-state index is 12.2. The van der Waals surface area contributed by atoms with Crippen LogP contribution in [0.3, 0.4) is 0 Å². The molecule has 0 aliphatic rings. The summed E-state index contributed by atoms with van der Waals surface area (Å²) in [6.45, 7) is 6.32. The first-order chi connectivity index (χ1) is 13.4. The van der Waals surface area contributed by atoms with Gasteiger partial charge in [-0.1, -0.05) is 12.1 Å². The standard InChI is InChI=1S/C20H22N6O2/c1-13-10-14(2)26(25-13)19-11-18(23-12-24-19)21-8-9-22-20(28)17-6-4-16(5-7-17)15(3)27/h4-7,10-12H,8-9H2,1-3H3,(H,22,28)(H,21,23,24). The van der Waals surface area contributed by atoms with Crippen LogP contribution in [-0.2, 0) is 0 Å². The number of aryl methyl sites for hydroxylation is 2. The molecule has 3 aromatic rings. The second-order valence-electron chi connectivity index (χ2n) is 6.42. The first kappa shape index (κ1) is 19.2. The fourth-order valence-corrected chi connectivity index (χ4v) is 2.75. The summed E-state index contributed by atoms with van der Waals surface area (Å²) in [6, 6.07) is 10.4. The van der Waals surface area contributed by atoms with E-state index in [0.29, 0.717) is 35.9 Å². The Morgan fingerprint density at radius 1 is 1.00 bits per heavy atom. The Hall–Kier alpha value is -3.55. The van der Waals surface area contributed by atoms with Gasteiger partial charge in [0.15, 0.2) is 11.6 Å². The van der Waals surface area contributed by atoms with Gasteiger partial charge in [-0.3, -0.25) is 9.59 Å². The molecule has 0 bridgehead atoms. The van der Waals surface area contributed by atoms with Gasteiger partial charge in [-0.15, -0.1) is 0 Å². The fraction of sp³-hybridized carbons (Fsp3) is 0.250. The highest BCUT2D eigenvalue weighted by atomic mass is 16.1. The highest BCUT2D eigenvalue weighted by Gasteiger charge is 2.08. The molecule has 2 aromatic heterocycles. The quantitative estimate of drug-likeness (QED) is 0.483. The molecule has 2 heterocycles. The highest BCUT2D eigenvalue weighted by Crippen LogP contribution is 2.12. The predicted molar refractivity (Wildman–Crippen MR) is 106 cm³/mol. The van der Waals surface area contributed by atoms with Crippen LogP contribution >= 0.6 is 0 Å². The van der Waals surface area contributed by atoms with Gasteiger partial charge in [0, 0.05) is 36.0 Å². The molecule has 1 aromatic carbocycles. The van der Waals surface area contributed by atoms with E-state index in [1.807, 2.05) is 26.0 Å². The zero-order valence-corrected chi connectivity index (χ0v) is 16.1. The number of hydrogen-bond donors (Lipinski definition) is 2. The molecule has 28 heavy (non-hydrogen) atoms. The lowest BCUT2D eigenvalue weighted by molar-refractivity contribution is 0.0953. The minimum absolute atomic E-state index is 0.0270. The van der Waals surface area contributed by atoms with Gasteiger partial charge in [0.2, 0.25) is 0 Å². The van der Waals surface area contributed by atoms with Gasteiger partial charge in [-0.05, 0) is 39.0 Å². The van der Waals surface area contributed by atoms with Gasteiger partial charge in [-0.2, -0.15) is 5.10 Å². The van der Waals surface area contributed by atoms with Gasteiger partial charge in [0.05, 0.1) is 5.69 Å². The minimum atomic E-state index is -0.192. The summed E-state index contributed by atoms with van der Waals surface area (Å²) < 4.78 is 1.76. The summed E-state index contributed by atoms with van der Waals surface area (Å²) in [5.74, 6) is 1.11. The molecule has 0 radical (unpaired) electrons. The predicted octanol–water partition coefficient (Wildman–Crippen LogP) is 2.32. The van der Waals surface area contributed by atoms with E-state index in [1.165, 1.54) is 13.3 Å². The van der Waals surface area contributed by atoms with Crippen LogP contribution in [0.5, 0.6) is 0 Å². The summed E-state index contributed by atoms with van der Waals surface area (Å²) in [5, 5.41) is 10.4. The molecule has 3 rings (SSSR count). The van der Waals surface area contributed by atoms with Crippen molar-refractivity contribution in [2.45, 2.75) is 20.8 Å². The molecule has 0 fully saturated rings. The van der Waals surface area contributed by atoms with Gasteiger partial charge >= 0.3 is 0 Å². The van der Waals surface area contributed by atoms with E-state index < -0.39 is 0 Å². The van der Waals surface area contributed by atoms with Crippen LogP contribution in [0.1, 0.15) is 39.0 Å². The van der Waals surface area contributed by atoms with Crippen LogP contribution in [-0.4, -0.2) is 44.5 Å². The van der Waals surface area contributed by atoms with E-state index in [-0.39, 0.29) is 11.7 Å². The summed E-state index contributed by atoms with van der Waals surface area (Å²) in [5.41, 5.74) is 3.01. The third-order valence-corrected chi connectivity index (χ3v) is 4.15. The number of Topliss-reactive ketones (excluding diaryl/α,β-unsaturated/α-hetero) is 1. The number of carbonyl (C=O) groups is 2. The maximum atomic E-state index is 12.2. The molecule has 144 valence electrons.